The summed E-state index contributed by atoms with van der Waals surface area (Å²) in [7, 11) is 1.94. The van der Waals surface area contributed by atoms with E-state index >= 15 is 0 Å². The number of aromatic nitrogens is 1. The van der Waals surface area contributed by atoms with E-state index in [0.29, 0.717) is 0 Å². The Balaban J connectivity index is 0.000000274. The van der Waals surface area contributed by atoms with Crippen molar-refractivity contribution in [3.8, 4) is 0 Å². The predicted octanol–water partition coefficient (Wildman–Crippen LogP) is 2.05. The first-order valence-corrected chi connectivity index (χ1v) is 9.55. The third kappa shape index (κ3) is 6.04. The van der Waals surface area contributed by atoms with E-state index in [4.69, 9.17) is 20.4 Å². The topological polar surface area (TPSA) is 143 Å². The van der Waals surface area contributed by atoms with Gasteiger partial charge < -0.3 is 30.7 Å². The molecule has 30 heavy (non-hydrogen) atoms. The molecular weight excluding hydrogens is 415 g/mol. The number of hydrogen-bond acceptors (Lipinski definition) is 6. The Morgan fingerprint density at radius 1 is 1.07 bits per heavy atom. The van der Waals surface area contributed by atoms with Gasteiger partial charge in [-0.15, -0.1) is 0 Å². The van der Waals surface area contributed by atoms with Crippen LogP contribution in [0.15, 0.2) is 58.5 Å². The molecule has 0 radical (unpaired) electrons. The Labute approximate surface area is 175 Å². The van der Waals surface area contributed by atoms with Crippen molar-refractivity contribution in [2.75, 3.05) is 7.05 Å². The molecule has 6 N–H and O–H groups in total. The van der Waals surface area contributed by atoms with E-state index in [0.717, 1.165) is 22.3 Å². The molecule has 0 amide bonds. The van der Waals surface area contributed by atoms with Gasteiger partial charge in [0.05, 0.1) is 0 Å². The lowest BCUT2D eigenvalue weighted by Gasteiger charge is -2.07. The van der Waals surface area contributed by atoms with Crippen molar-refractivity contribution < 1.29 is 34.4 Å². The van der Waals surface area contributed by atoms with Crippen molar-refractivity contribution in [1.29, 1.82) is 0 Å². The SMILES string of the molecule is CNCc1ccccc1Sc1c[nH]c2cc(F)ccc12.O=C(O)C(O)C(O)C(=O)O. The molecule has 1 heterocycles. The van der Waals surface area contributed by atoms with E-state index in [2.05, 4.69) is 22.4 Å². The number of nitrogens with one attached hydrogen (secondary N) is 2. The Morgan fingerprint density at radius 3 is 2.30 bits per heavy atom. The fourth-order valence-corrected chi connectivity index (χ4v) is 3.55. The van der Waals surface area contributed by atoms with Crippen molar-refractivity contribution in [2.45, 2.75) is 28.5 Å². The summed E-state index contributed by atoms with van der Waals surface area (Å²) in [6, 6.07) is 13.2. The van der Waals surface area contributed by atoms with Crippen LogP contribution in [0.1, 0.15) is 5.56 Å². The van der Waals surface area contributed by atoms with Gasteiger partial charge in [-0.1, -0.05) is 30.0 Å². The van der Waals surface area contributed by atoms with Gasteiger partial charge in [-0.2, -0.15) is 0 Å². The van der Waals surface area contributed by atoms with E-state index in [1.165, 1.54) is 22.6 Å². The minimum Gasteiger partial charge on any atom is -0.479 e. The van der Waals surface area contributed by atoms with Crippen LogP contribution < -0.4 is 5.32 Å². The number of H-pyrrole nitrogens is 1. The van der Waals surface area contributed by atoms with Crippen molar-refractivity contribution in [3.05, 3.63) is 60.0 Å². The number of aliphatic hydroxyl groups excluding tert-OH is 2. The van der Waals surface area contributed by atoms with E-state index in [-0.39, 0.29) is 5.82 Å². The van der Waals surface area contributed by atoms with Gasteiger partial charge in [-0.05, 0) is 36.9 Å². The number of aliphatic carboxylic acids is 2. The van der Waals surface area contributed by atoms with Crippen molar-refractivity contribution in [3.63, 3.8) is 0 Å². The molecule has 0 aliphatic rings. The number of rotatable bonds is 7. The normalized spacial score (nSPS) is 12.7. The molecule has 160 valence electrons. The van der Waals surface area contributed by atoms with Crippen LogP contribution in [0.5, 0.6) is 0 Å². The average molecular weight is 436 g/mol. The molecule has 0 bridgehead atoms. The first-order valence-electron chi connectivity index (χ1n) is 8.73. The molecule has 0 saturated carbocycles. The molecule has 2 aromatic carbocycles. The minimum atomic E-state index is -2.27. The number of benzene rings is 2. The first-order chi connectivity index (χ1) is 14.2. The predicted molar refractivity (Wildman–Crippen MR) is 109 cm³/mol. The lowest BCUT2D eigenvalue weighted by molar-refractivity contribution is -0.165. The highest BCUT2D eigenvalue weighted by molar-refractivity contribution is 7.99. The maximum Gasteiger partial charge on any atom is 0.335 e. The standard InChI is InChI=1S/C16H15FN2S.C4H6O6/c1-18-9-11-4-2-3-5-15(11)20-16-10-19-14-8-12(17)6-7-13(14)16;5-1(3(7)8)2(6)4(9)10/h2-8,10,18-19H,9H2,1H3;1-2,5-6H,(H,7,8)(H,9,10). The number of hydrogen-bond donors (Lipinski definition) is 6. The van der Waals surface area contributed by atoms with Crippen molar-refractivity contribution in [2.24, 2.45) is 0 Å². The molecule has 10 heteroatoms. The molecule has 8 nitrogen and oxygen atoms in total. The molecule has 2 unspecified atom stereocenters. The first kappa shape index (κ1) is 23.4. The zero-order valence-electron chi connectivity index (χ0n) is 15.9. The van der Waals surface area contributed by atoms with Gasteiger partial charge in [0.1, 0.15) is 5.82 Å². The molecule has 2 atom stereocenters. The number of carbonyl (C=O) groups is 2. The van der Waals surface area contributed by atoms with Crippen LogP contribution in [0.3, 0.4) is 0 Å². The minimum absolute atomic E-state index is 0.216. The van der Waals surface area contributed by atoms with E-state index in [9.17, 15) is 14.0 Å². The van der Waals surface area contributed by atoms with Gasteiger partial charge in [0.15, 0.2) is 12.2 Å². The number of carboxylic acids is 2. The van der Waals surface area contributed by atoms with Gasteiger partial charge in [-0.25, -0.2) is 14.0 Å². The number of fused-ring (bicyclic) bond motifs is 1. The molecule has 3 aromatic rings. The second-order valence-electron chi connectivity index (χ2n) is 6.15. The Morgan fingerprint density at radius 2 is 1.70 bits per heavy atom. The fourth-order valence-electron chi connectivity index (χ4n) is 2.48. The number of halogens is 1. The monoisotopic (exact) mass is 436 g/mol. The summed E-state index contributed by atoms with van der Waals surface area (Å²) in [5.41, 5.74) is 2.09. The third-order valence-electron chi connectivity index (χ3n) is 3.97. The molecule has 0 aliphatic heterocycles. The largest absolute Gasteiger partial charge is 0.479 e. The molecule has 0 aliphatic carbocycles. The number of carboxylic acid groups (broad SMARTS) is 2. The maximum absolute atomic E-state index is 13.2. The summed E-state index contributed by atoms with van der Waals surface area (Å²) in [6.07, 6.45) is -2.60. The van der Waals surface area contributed by atoms with Gasteiger partial charge in [-0.3, -0.25) is 0 Å². The fraction of sp³-hybridized carbons (Fsp3) is 0.200. The summed E-state index contributed by atoms with van der Waals surface area (Å²) in [6.45, 7) is 0.833. The summed E-state index contributed by atoms with van der Waals surface area (Å²) in [5.74, 6) is -3.75. The maximum atomic E-state index is 13.2. The van der Waals surface area contributed by atoms with Gasteiger partial charge >= 0.3 is 11.9 Å². The summed E-state index contributed by atoms with van der Waals surface area (Å²) in [4.78, 5) is 25.0. The molecular formula is C20H21FN2O6S. The molecule has 3 rings (SSSR count). The summed E-state index contributed by atoms with van der Waals surface area (Å²) < 4.78 is 13.2. The summed E-state index contributed by atoms with van der Waals surface area (Å²) in [5, 5.41) is 36.8. The van der Waals surface area contributed by atoms with E-state index in [1.807, 2.05) is 31.4 Å². The zero-order valence-corrected chi connectivity index (χ0v) is 16.7. The highest BCUT2D eigenvalue weighted by Gasteiger charge is 2.29. The highest BCUT2D eigenvalue weighted by Crippen LogP contribution is 2.35. The Kier molecular flexibility index (Phi) is 8.36. The van der Waals surface area contributed by atoms with Crippen LogP contribution in [0.4, 0.5) is 4.39 Å². The van der Waals surface area contributed by atoms with E-state index in [1.54, 1.807) is 11.8 Å². The van der Waals surface area contributed by atoms with Crippen LogP contribution in [0.25, 0.3) is 10.9 Å². The van der Waals surface area contributed by atoms with Gasteiger partial charge in [0.2, 0.25) is 0 Å². The average Bonchev–Trinajstić information content (AvgIpc) is 3.10. The van der Waals surface area contributed by atoms with Crippen LogP contribution in [0, 0.1) is 5.82 Å². The molecule has 1 aromatic heterocycles. The second kappa shape index (κ2) is 10.7. The Hall–Kier alpha value is -2.92. The second-order valence-corrected chi connectivity index (χ2v) is 7.23. The summed E-state index contributed by atoms with van der Waals surface area (Å²) >= 11 is 1.70. The van der Waals surface area contributed by atoms with Gasteiger partial charge in [0, 0.05) is 33.4 Å². The zero-order chi connectivity index (χ0) is 22.3. The van der Waals surface area contributed by atoms with Crippen LogP contribution >= 0.6 is 11.8 Å². The van der Waals surface area contributed by atoms with Crippen LogP contribution in [0.2, 0.25) is 0 Å². The highest BCUT2D eigenvalue weighted by atomic mass is 32.2. The molecule has 0 saturated heterocycles. The lowest BCUT2D eigenvalue weighted by atomic mass is 10.2. The molecule has 0 fully saturated rings. The van der Waals surface area contributed by atoms with Crippen molar-refractivity contribution in [1.82, 2.24) is 10.3 Å². The van der Waals surface area contributed by atoms with Gasteiger partial charge in [0.25, 0.3) is 0 Å². The lowest BCUT2D eigenvalue weighted by Crippen LogP contribution is -2.39. The van der Waals surface area contributed by atoms with E-state index < -0.39 is 24.1 Å². The number of aliphatic hydroxyl groups is 2. The van der Waals surface area contributed by atoms with Crippen LogP contribution in [-0.2, 0) is 16.1 Å². The molecule has 0 spiro atoms. The third-order valence-corrected chi connectivity index (χ3v) is 5.15. The van der Waals surface area contributed by atoms with Crippen LogP contribution in [-0.4, -0.2) is 56.6 Å². The van der Waals surface area contributed by atoms with Crippen molar-refractivity contribution >= 4 is 34.6 Å². The quantitative estimate of drug-likeness (QED) is 0.330. The number of aromatic amines is 1. The Bertz CT molecular complexity index is 1010. The smallest absolute Gasteiger partial charge is 0.335 e.